The lowest BCUT2D eigenvalue weighted by Crippen LogP contribution is -2.14. The lowest BCUT2D eigenvalue weighted by molar-refractivity contribution is -0.113. The van der Waals surface area contributed by atoms with Crippen molar-refractivity contribution in [2.24, 2.45) is 0 Å². The van der Waals surface area contributed by atoms with E-state index in [1.54, 1.807) is 30.3 Å². The van der Waals surface area contributed by atoms with Crippen LogP contribution in [0.1, 0.15) is 6.92 Å². The second-order valence-corrected chi connectivity index (χ2v) is 6.87. The highest BCUT2D eigenvalue weighted by molar-refractivity contribution is 7.99. The highest BCUT2D eigenvalue weighted by atomic mass is 35.5. The van der Waals surface area contributed by atoms with Gasteiger partial charge in [-0.1, -0.05) is 23.4 Å². The Morgan fingerprint density at radius 1 is 1.25 bits per heavy atom. The summed E-state index contributed by atoms with van der Waals surface area (Å²) in [4.78, 5) is 16.2. The maximum absolute atomic E-state index is 12.3. The molecule has 0 saturated carbocycles. The molecule has 0 aliphatic heterocycles. The smallest absolute Gasteiger partial charge is 0.234 e. The van der Waals surface area contributed by atoms with Crippen molar-refractivity contribution in [2.45, 2.75) is 12.1 Å². The van der Waals surface area contributed by atoms with Gasteiger partial charge in [-0.15, -0.1) is 5.10 Å². The van der Waals surface area contributed by atoms with Crippen LogP contribution in [-0.2, 0) is 4.79 Å². The first-order chi connectivity index (χ1) is 13.5. The van der Waals surface area contributed by atoms with Gasteiger partial charge in [-0.05, 0) is 49.4 Å². The fourth-order valence-electron chi connectivity index (χ4n) is 2.23. The third-order valence-electron chi connectivity index (χ3n) is 3.39. The van der Waals surface area contributed by atoms with E-state index in [4.69, 9.17) is 26.8 Å². The van der Waals surface area contributed by atoms with Gasteiger partial charge in [-0.25, -0.2) is 5.10 Å². The fourth-order valence-corrected chi connectivity index (χ4v) is 3.00. The number of halogens is 1. The van der Waals surface area contributed by atoms with Crippen LogP contribution >= 0.6 is 23.4 Å². The third kappa shape index (κ3) is 5.54. The van der Waals surface area contributed by atoms with Gasteiger partial charge in [0.2, 0.25) is 17.0 Å². The summed E-state index contributed by atoms with van der Waals surface area (Å²) in [5.41, 5.74) is 5.92. The molecule has 0 aliphatic rings. The molecule has 0 spiro atoms. The molecule has 8 nitrogen and oxygen atoms in total. The number of thioether (sulfide) groups is 1. The fraction of sp³-hybridized carbons (Fsp3) is 0.167. The summed E-state index contributed by atoms with van der Waals surface area (Å²) in [5.74, 6) is 1.87. The Kier molecular flexibility index (Phi) is 6.62. The van der Waals surface area contributed by atoms with E-state index in [0.717, 1.165) is 17.5 Å². The molecule has 3 aromatic rings. The van der Waals surface area contributed by atoms with Gasteiger partial charge in [-0.3, -0.25) is 4.79 Å². The van der Waals surface area contributed by atoms with Crippen molar-refractivity contribution in [1.29, 1.82) is 0 Å². The summed E-state index contributed by atoms with van der Waals surface area (Å²) >= 11 is 7.22. The average Bonchev–Trinajstić information content (AvgIpc) is 3.09. The van der Waals surface area contributed by atoms with Gasteiger partial charge in [0.25, 0.3) is 0 Å². The number of aromatic nitrogens is 3. The maximum Gasteiger partial charge on any atom is 0.234 e. The molecule has 0 radical (unpaired) electrons. The molecule has 2 aromatic carbocycles. The number of nitrogens with zero attached hydrogens (tertiary/aromatic N) is 2. The summed E-state index contributed by atoms with van der Waals surface area (Å²) in [6, 6.07) is 12.2. The SMILES string of the molecule is CCOc1ccc(Oc2ccc(Cl)cc2NC(=O)CSc2n[nH]c(N)n2)cc1. The van der Waals surface area contributed by atoms with Crippen LogP contribution in [-0.4, -0.2) is 33.4 Å². The number of anilines is 2. The van der Waals surface area contributed by atoms with Gasteiger partial charge >= 0.3 is 0 Å². The Morgan fingerprint density at radius 3 is 2.68 bits per heavy atom. The molecule has 1 heterocycles. The second-order valence-electron chi connectivity index (χ2n) is 5.49. The number of carbonyl (C=O) groups is 1. The van der Waals surface area contributed by atoms with Crippen molar-refractivity contribution in [3.05, 3.63) is 47.5 Å². The zero-order valence-corrected chi connectivity index (χ0v) is 16.5. The normalized spacial score (nSPS) is 10.5. The van der Waals surface area contributed by atoms with E-state index in [0.29, 0.717) is 34.0 Å². The largest absolute Gasteiger partial charge is 0.494 e. The lowest BCUT2D eigenvalue weighted by atomic mass is 10.2. The van der Waals surface area contributed by atoms with Crippen LogP contribution in [0.2, 0.25) is 5.02 Å². The highest BCUT2D eigenvalue weighted by Gasteiger charge is 2.12. The molecule has 0 bridgehead atoms. The number of H-pyrrole nitrogens is 1. The van der Waals surface area contributed by atoms with E-state index in [-0.39, 0.29) is 17.6 Å². The number of hydrogen-bond acceptors (Lipinski definition) is 7. The van der Waals surface area contributed by atoms with Crippen molar-refractivity contribution in [3.63, 3.8) is 0 Å². The van der Waals surface area contributed by atoms with Crippen molar-refractivity contribution < 1.29 is 14.3 Å². The number of nitrogens with one attached hydrogen (secondary N) is 2. The van der Waals surface area contributed by atoms with Crippen molar-refractivity contribution in [1.82, 2.24) is 15.2 Å². The number of carbonyl (C=O) groups excluding carboxylic acids is 1. The van der Waals surface area contributed by atoms with Gasteiger partial charge in [-0.2, -0.15) is 4.98 Å². The maximum atomic E-state index is 12.3. The molecular weight excluding hydrogens is 402 g/mol. The summed E-state index contributed by atoms with van der Waals surface area (Å²) < 4.78 is 11.3. The Balaban J connectivity index is 1.66. The molecule has 1 amide bonds. The van der Waals surface area contributed by atoms with Crippen LogP contribution in [0.5, 0.6) is 17.2 Å². The molecular formula is C18H18ClN5O3S. The summed E-state index contributed by atoms with van der Waals surface area (Å²) in [5, 5.41) is 10.0. The Morgan fingerprint density at radius 2 is 2.00 bits per heavy atom. The lowest BCUT2D eigenvalue weighted by Gasteiger charge is -2.13. The first kappa shape index (κ1) is 19.8. The molecule has 28 heavy (non-hydrogen) atoms. The minimum atomic E-state index is -0.257. The van der Waals surface area contributed by atoms with Gasteiger partial charge in [0.15, 0.2) is 5.75 Å². The van der Waals surface area contributed by atoms with Crippen LogP contribution in [0.4, 0.5) is 11.6 Å². The predicted octanol–water partition coefficient (Wildman–Crippen LogP) is 3.96. The zero-order valence-electron chi connectivity index (χ0n) is 14.9. The number of benzene rings is 2. The van der Waals surface area contributed by atoms with Crippen LogP contribution in [0.3, 0.4) is 0 Å². The number of rotatable bonds is 8. The zero-order chi connectivity index (χ0) is 19.9. The van der Waals surface area contributed by atoms with E-state index < -0.39 is 0 Å². The average molecular weight is 420 g/mol. The molecule has 1 aromatic heterocycles. The van der Waals surface area contributed by atoms with E-state index in [2.05, 4.69) is 20.5 Å². The third-order valence-corrected chi connectivity index (χ3v) is 4.48. The standard InChI is InChI=1S/C18H18ClN5O3S/c1-2-26-12-4-6-13(7-5-12)27-15-8-3-11(19)9-14(15)21-16(25)10-28-18-22-17(20)23-24-18/h3-9H,2,10H2,1H3,(H,21,25)(H3,20,22,23,24). The predicted molar refractivity (Wildman–Crippen MR) is 109 cm³/mol. The van der Waals surface area contributed by atoms with Crippen LogP contribution in [0.25, 0.3) is 0 Å². The van der Waals surface area contributed by atoms with E-state index in [1.807, 2.05) is 19.1 Å². The minimum Gasteiger partial charge on any atom is -0.494 e. The Labute approximate surface area is 170 Å². The van der Waals surface area contributed by atoms with Crippen LogP contribution in [0.15, 0.2) is 47.6 Å². The van der Waals surface area contributed by atoms with Gasteiger partial charge in [0, 0.05) is 5.02 Å². The summed E-state index contributed by atoms with van der Waals surface area (Å²) in [6.45, 7) is 2.51. The molecule has 0 atom stereocenters. The number of aromatic amines is 1. The molecule has 0 saturated heterocycles. The quantitative estimate of drug-likeness (QED) is 0.473. The summed E-state index contributed by atoms with van der Waals surface area (Å²) in [7, 11) is 0. The van der Waals surface area contributed by atoms with E-state index in [9.17, 15) is 4.79 Å². The first-order valence-corrected chi connectivity index (χ1v) is 9.70. The van der Waals surface area contributed by atoms with Gasteiger partial charge < -0.3 is 20.5 Å². The number of ether oxygens (including phenoxy) is 2. The number of nitrogen functional groups attached to an aromatic ring is 1. The Bertz CT molecular complexity index is 949. The molecule has 0 aliphatic carbocycles. The van der Waals surface area contributed by atoms with Crippen molar-refractivity contribution >= 4 is 40.9 Å². The Hall–Kier alpha value is -2.91. The van der Waals surface area contributed by atoms with E-state index in [1.165, 1.54) is 0 Å². The molecule has 4 N–H and O–H groups in total. The number of nitrogens with two attached hydrogens (primary N) is 1. The second kappa shape index (κ2) is 9.34. The minimum absolute atomic E-state index is 0.103. The van der Waals surface area contributed by atoms with Crippen molar-refractivity contribution in [3.8, 4) is 17.2 Å². The highest BCUT2D eigenvalue weighted by Crippen LogP contribution is 2.33. The summed E-state index contributed by atoms with van der Waals surface area (Å²) in [6.07, 6.45) is 0. The van der Waals surface area contributed by atoms with Crippen LogP contribution < -0.4 is 20.5 Å². The van der Waals surface area contributed by atoms with Crippen molar-refractivity contribution in [2.75, 3.05) is 23.4 Å². The molecule has 0 fully saturated rings. The van der Waals surface area contributed by atoms with E-state index >= 15 is 0 Å². The molecule has 10 heteroatoms. The molecule has 146 valence electrons. The number of hydrogen-bond donors (Lipinski definition) is 3. The molecule has 0 unspecified atom stereocenters. The van der Waals surface area contributed by atoms with Gasteiger partial charge in [0.1, 0.15) is 11.5 Å². The monoisotopic (exact) mass is 419 g/mol. The molecule has 3 rings (SSSR count). The first-order valence-electron chi connectivity index (χ1n) is 8.34. The number of amides is 1. The van der Waals surface area contributed by atoms with Crippen LogP contribution in [0, 0.1) is 0 Å². The van der Waals surface area contributed by atoms with Gasteiger partial charge in [0.05, 0.1) is 18.0 Å². The topological polar surface area (TPSA) is 115 Å².